The molecule has 0 saturated carbocycles. The van der Waals surface area contributed by atoms with Gasteiger partial charge in [-0.1, -0.05) is 30.3 Å². The van der Waals surface area contributed by atoms with Crippen LogP contribution in [0.2, 0.25) is 0 Å². The van der Waals surface area contributed by atoms with Crippen molar-refractivity contribution in [1.82, 2.24) is 9.62 Å². The van der Waals surface area contributed by atoms with Crippen LogP contribution >= 0.6 is 0 Å². The first-order valence-corrected chi connectivity index (χ1v) is 10.6. The summed E-state index contributed by atoms with van der Waals surface area (Å²) in [6.07, 6.45) is 0.601. The Kier molecular flexibility index (Phi) is 5.50. The zero-order valence-corrected chi connectivity index (χ0v) is 17.4. The number of amides is 1. The van der Waals surface area contributed by atoms with E-state index in [0.717, 1.165) is 21.2 Å². The number of sulfonamides is 1. The molecule has 2 aromatic rings. The summed E-state index contributed by atoms with van der Waals surface area (Å²) in [5, 5.41) is 2.98. The van der Waals surface area contributed by atoms with Crippen LogP contribution in [0, 0.1) is 6.92 Å². The molecule has 1 aliphatic heterocycles. The molecule has 1 heterocycles. The van der Waals surface area contributed by atoms with Gasteiger partial charge in [0.15, 0.2) is 0 Å². The molecule has 0 unspecified atom stereocenters. The van der Waals surface area contributed by atoms with Crippen LogP contribution in [0.4, 0.5) is 0 Å². The van der Waals surface area contributed by atoms with Gasteiger partial charge in [0.2, 0.25) is 15.9 Å². The third kappa shape index (κ3) is 4.36. The first-order chi connectivity index (χ1) is 13.1. The Hall–Kier alpha value is -2.38. The summed E-state index contributed by atoms with van der Waals surface area (Å²) < 4.78 is 32.4. The number of aryl methyl sites for hydroxylation is 1. The molecule has 7 heteroatoms. The number of rotatable bonds is 5. The fraction of sp³-hybridized carbons (Fsp3) is 0.381. The van der Waals surface area contributed by atoms with Crippen molar-refractivity contribution >= 4 is 15.9 Å². The summed E-state index contributed by atoms with van der Waals surface area (Å²) in [5.41, 5.74) is 1.56. The number of benzene rings is 2. The third-order valence-corrected chi connectivity index (χ3v) is 6.60. The molecule has 1 N–H and O–H groups in total. The minimum Gasteiger partial charge on any atom is -0.487 e. The summed E-state index contributed by atoms with van der Waals surface area (Å²) in [7, 11) is -2.31. The van der Waals surface area contributed by atoms with Crippen molar-refractivity contribution in [1.29, 1.82) is 0 Å². The van der Waals surface area contributed by atoms with E-state index < -0.39 is 15.6 Å². The monoisotopic (exact) mass is 402 g/mol. The van der Waals surface area contributed by atoms with Gasteiger partial charge in [-0.15, -0.1) is 0 Å². The van der Waals surface area contributed by atoms with Crippen molar-refractivity contribution in [2.24, 2.45) is 0 Å². The Morgan fingerprint density at radius 2 is 1.89 bits per heavy atom. The van der Waals surface area contributed by atoms with E-state index in [0.29, 0.717) is 6.42 Å². The maximum absolute atomic E-state index is 12.6. The second-order valence-electron chi connectivity index (χ2n) is 7.80. The van der Waals surface area contributed by atoms with Gasteiger partial charge in [-0.05, 0) is 44.5 Å². The van der Waals surface area contributed by atoms with Crippen molar-refractivity contribution in [3.8, 4) is 5.75 Å². The average molecular weight is 403 g/mol. The predicted molar refractivity (Wildman–Crippen MR) is 108 cm³/mol. The lowest BCUT2D eigenvalue weighted by molar-refractivity contribution is -0.122. The molecular weight excluding hydrogens is 376 g/mol. The van der Waals surface area contributed by atoms with Gasteiger partial charge in [0.05, 0.1) is 17.5 Å². The van der Waals surface area contributed by atoms with Gasteiger partial charge in [-0.2, -0.15) is 4.31 Å². The van der Waals surface area contributed by atoms with Crippen LogP contribution in [0.15, 0.2) is 53.4 Å². The number of ether oxygens (including phenoxy) is 1. The molecule has 1 amide bonds. The lowest BCUT2D eigenvalue weighted by Gasteiger charge is -2.38. The summed E-state index contributed by atoms with van der Waals surface area (Å²) in [4.78, 5) is 12.8. The average Bonchev–Trinajstić information content (AvgIpc) is 2.60. The van der Waals surface area contributed by atoms with Crippen LogP contribution in [0.1, 0.15) is 37.4 Å². The molecule has 2 aromatic carbocycles. The van der Waals surface area contributed by atoms with Crippen LogP contribution in [-0.2, 0) is 14.8 Å². The van der Waals surface area contributed by atoms with E-state index in [1.165, 1.54) is 19.2 Å². The van der Waals surface area contributed by atoms with E-state index in [9.17, 15) is 13.2 Å². The molecule has 3 rings (SSSR count). The minimum absolute atomic E-state index is 0.165. The van der Waals surface area contributed by atoms with E-state index in [4.69, 9.17) is 4.74 Å². The van der Waals surface area contributed by atoms with Crippen molar-refractivity contribution in [3.05, 3.63) is 59.7 Å². The van der Waals surface area contributed by atoms with Crippen LogP contribution in [0.25, 0.3) is 0 Å². The molecule has 0 bridgehead atoms. The first-order valence-electron chi connectivity index (χ1n) is 9.19. The maximum atomic E-state index is 12.6. The van der Waals surface area contributed by atoms with Crippen molar-refractivity contribution < 1.29 is 17.9 Å². The molecular formula is C21H26N2O4S. The largest absolute Gasteiger partial charge is 0.487 e. The van der Waals surface area contributed by atoms with Gasteiger partial charge in [-0.3, -0.25) is 4.79 Å². The van der Waals surface area contributed by atoms with Crippen LogP contribution < -0.4 is 10.1 Å². The van der Waals surface area contributed by atoms with E-state index in [1.807, 2.05) is 39.0 Å². The lowest BCUT2D eigenvalue weighted by atomic mass is 9.89. The van der Waals surface area contributed by atoms with Gasteiger partial charge in [0.25, 0.3) is 0 Å². The molecule has 0 radical (unpaired) electrons. The number of nitrogens with one attached hydrogen (secondary N) is 1. The van der Waals surface area contributed by atoms with Gasteiger partial charge in [0, 0.05) is 19.0 Å². The molecule has 6 nitrogen and oxygen atoms in total. The highest BCUT2D eigenvalue weighted by atomic mass is 32.2. The lowest BCUT2D eigenvalue weighted by Crippen LogP contribution is -2.44. The number of carbonyl (C=O) groups is 1. The second-order valence-corrected chi connectivity index (χ2v) is 9.85. The number of nitrogens with zero attached hydrogens (tertiary/aromatic N) is 1. The topological polar surface area (TPSA) is 75.7 Å². The van der Waals surface area contributed by atoms with Gasteiger partial charge >= 0.3 is 0 Å². The summed E-state index contributed by atoms with van der Waals surface area (Å²) in [5.74, 6) is 0.406. The Bertz CT molecular complexity index is 971. The van der Waals surface area contributed by atoms with Crippen molar-refractivity contribution in [3.63, 3.8) is 0 Å². The zero-order chi connectivity index (χ0) is 20.5. The summed E-state index contributed by atoms with van der Waals surface area (Å²) in [6, 6.07) is 13.8. The predicted octanol–water partition coefficient (Wildman–Crippen LogP) is 3.03. The Morgan fingerprint density at radius 1 is 1.21 bits per heavy atom. The van der Waals surface area contributed by atoms with Crippen LogP contribution in [0.5, 0.6) is 5.75 Å². The highest BCUT2D eigenvalue weighted by Crippen LogP contribution is 2.39. The fourth-order valence-corrected chi connectivity index (χ4v) is 4.54. The Balaban J connectivity index is 1.75. The van der Waals surface area contributed by atoms with Crippen molar-refractivity contribution in [2.75, 3.05) is 13.6 Å². The number of fused-ring (bicyclic) bond motifs is 1. The number of likely N-dealkylation sites (N-methyl/N-ethyl adjacent to an activating group) is 1. The normalized spacial score (nSPS) is 18.2. The SMILES string of the molecule is Cc1ccc2c(c1)OC(C)(C)C[C@H]2NC(=O)CN(C)S(=O)(=O)c1ccccc1. The highest BCUT2D eigenvalue weighted by molar-refractivity contribution is 7.89. The Morgan fingerprint density at radius 3 is 2.57 bits per heavy atom. The van der Waals surface area contributed by atoms with E-state index in [-0.39, 0.29) is 23.4 Å². The fourth-order valence-electron chi connectivity index (χ4n) is 3.39. The van der Waals surface area contributed by atoms with Gasteiger partial charge in [-0.25, -0.2) is 8.42 Å². The zero-order valence-electron chi connectivity index (χ0n) is 16.6. The number of hydrogen-bond donors (Lipinski definition) is 1. The molecule has 0 aliphatic carbocycles. The van der Waals surface area contributed by atoms with E-state index >= 15 is 0 Å². The van der Waals surface area contributed by atoms with Gasteiger partial charge in [0.1, 0.15) is 11.4 Å². The van der Waals surface area contributed by atoms with Gasteiger partial charge < -0.3 is 10.1 Å². The molecule has 1 aliphatic rings. The second kappa shape index (κ2) is 7.56. The van der Waals surface area contributed by atoms with E-state index in [2.05, 4.69) is 5.32 Å². The smallest absolute Gasteiger partial charge is 0.243 e. The highest BCUT2D eigenvalue weighted by Gasteiger charge is 2.35. The maximum Gasteiger partial charge on any atom is 0.243 e. The molecule has 0 spiro atoms. The molecule has 150 valence electrons. The molecule has 28 heavy (non-hydrogen) atoms. The first kappa shape index (κ1) is 20.4. The molecule has 0 fully saturated rings. The summed E-state index contributed by atoms with van der Waals surface area (Å²) in [6.45, 7) is 5.69. The van der Waals surface area contributed by atoms with E-state index in [1.54, 1.807) is 18.2 Å². The third-order valence-electron chi connectivity index (χ3n) is 4.78. The molecule has 0 aromatic heterocycles. The molecule has 1 atom stereocenters. The van der Waals surface area contributed by atoms with Crippen LogP contribution in [-0.4, -0.2) is 37.8 Å². The number of carbonyl (C=O) groups excluding carboxylic acids is 1. The quantitative estimate of drug-likeness (QED) is 0.834. The molecule has 0 saturated heterocycles. The summed E-state index contributed by atoms with van der Waals surface area (Å²) >= 11 is 0. The van der Waals surface area contributed by atoms with Crippen LogP contribution in [0.3, 0.4) is 0 Å². The minimum atomic E-state index is -3.72. The standard InChI is InChI=1S/C21H26N2O4S/c1-15-10-11-17-18(13-21(2,3)27-19(17)12-15)22-20(24)14-23(4)28(25,26)16-8-6-5-7-9-16/h5-12,18H,13-14H2,1-4H3,(H,22,24)/t18-/m1/s1. The van der Waals surface area contributed by atoms with Crippen molar-refractivity contribution in [2.45, 2.75) is 43.7 Å². The Labute approximate surface area is 166 Å². The number of hydrogen-bond acceptors (Lipinski definition) is 4.